The van der Waals surface area contributed by atoms with Crippen LogP contribution in [-0.2, 0) is 6.42 Å². The average molecular weight is 233 g/mol. The van der Waals surface area contributed by atoms with Gasteiger partial charge in [0, 0.05) is 11.5 Å². The van der Waals surface area contributed by atoms with E-state index in [0.717, 1.165) is 25.8 Å². The summed E-state index contributed by atoms with van der Waals surface area (Å²) in [4.78, 5) is 0. The van der Waals surface area contributed by atoms with Crippen LogP contribution >= 0.6 is 0 Å². The van der Waals surface area contributed by atoms with Crippen LogP contribution in [-0.4, -0.2) is 23.8 Å². The van der Waals surface area contributed by atoms with E-state index in [1.807, 2.05) is 0 Å². The Labute approximate surface area is 104 Å². The fourth-order valence-electron chi connectivity index (χ4n) is 2.46. The summed E-state index contributed by atoms with van der Waals surface area (Å²) in [5, 5.41) is 13.2. The van der Waals surface area contributed by atoms with E-state index in [4.69, 9.17) is 0 Å². The zero-order valence-corrected chi connectivity index (χ0v) is 10.8. The smallest absolute Gasteiger partial charge is 0.0621 e. The Kier molecular flexibility index (Phi) is 3.85. The van der Waals surface area contributed by atoms with Crippen molar-refractivity contribution in [2.45, 2.75) is 45.3 Å². The van der Waals surface area contributed by atoms with Crippen molar-refractivity contribution in [3.05, 3.63) is 35.9 Å². The topological polar surface area (TPSA) is 32.3 Å². The zero-order chi connectivity index (χ0) is 12.3. The van der Waals surface area contributed by atoms with Gasteiger partial charge in [0.2, 0.25) is 0 Å². The molecule has 2 heteroatoms. The molecule has 2 rings (SSSR count). The van der Waals surface area contributed by atoms with Crippen molar-refractivity contribution >= 4 is 0 Å². The molecule has 2 N–H and O–H groups in total. The van der Waals surface area contributed by atoms with Crippen molar-refractivity contribution in [1.82, 2.24) is 5.32 Å². The summed E-state index contributed by atoms with van der Waals surface area (Å²) in [6, 6.07) is 11.1. The summed E-state index contributed by atoms with van der Waals surface area (Å²) < 4.78 is 0. The Morgan fingerprint density at radius 2 is 2.00 bits per heavy atom. The normalized spacial score (nSPS) is 26.5. The van der Waals surface area contributed by atoms with Gasteiger partial charge in [-0.1, -0.05) is 44.2 Å². The fraction of sp³-hybridized carbons (Fsp3) is 0.600. The maximum atomic E-state index is 9.64. The highest BCUT2D eigenvalue weighted by Crippen LogP contribution is 2.40. The molecule has 94 valence electrons. The SMILES string of the molecule is CC1(C)C(O)CC1NCCCc1ccccc1. The molecule has 0 bridgehead atoms. The largest absolute Gasteiger partial charge is 0.392 e. The van der Waals surface area contributed by atoms with Crippen molar-refractivity contribution in [1.29, 1.82) is 0 Å². The molecule has 0 saturated heterocycles. The average Bonchev–Trinajstić information content (AvgIpc) is 2.34. The van der Waals surface area contributed by atoms with E-state index in [1.165, 1.54) is 5.56 Å². The lowest BCUT2D eigenvalue weighted by atomic mass is 9.64. The van der Waals surface area contributed by atoms with Gasteiger partial charge < -0.3 is 10.4 Å². The summed E-state index contributed by atoms with van der Waals surface area (Å²) in [5.74, 6) is 0. The number of aliphatic hydroxyl groups is 1. The minimum atomic E-state index is -0.130. The van der Waals surface area contributed by atoms with Crippen LogP contribution in [0.5, 0.6) is 0 Å². The lowest BCUT2D eigenvalue weighted by molar-refractivity contribution is -0.0722. The van der Waals surface area contributed by atoms with Crippen LogP contribution in [0.25, 0.3) is 0 Å². The Morgan fingerprint density at radius 1 is 1.29 bits per heavy atom. The van der Waals surface area contributed by atoms with Gasteiger partial charge in [-0.15, -0.1) is 0 Å². The number of aryl methyl sites for hydroxylation is 1. The maximum absolute atomic E-state index is 9.64. The van der Waals surface area contributed by atoms with Gasteiger partial charge in [-0.25, -0.2) is 0 Å². The first kappa shape index (κ1) is 12.6. The van der Waals surface area contributed by atoms with E-state index in [1.54, 1.807) is 0 Å². The molecule has 0 aliphatic heterocycles. The van der Waals surface area contributed by atoms with Gasteiger partial charge in [0.05, 0.1) is 6.10 Å². The predicted molar refractivity (Wildman–Crippen MR) is 71.0 cm³/mol. The maximum Gasteiger partial charge on any atom is 0.0621 e. The van der Waals surface area contributed by atoms with E-state index in [9.17, 15) is 5.11 Å². The van der Waals surface area contributed by atoms with E-state index in [-0.39, 0.29) is 11.5 Å². The molecule has 2 atom stereocenters. The molecule has 1 aromatic carbocycles. The summed E-state index contributed by atoms with van der Waals surface area (Å²) in [7, 11) is 0. The molecular weight excluding hydrogens is 210 g/mol. The number of hydrogen-bond acceptors (Lipinski definition) is 2. The quantitative estimate of drug-likeness (QED) is 0.765. The van der Waals surface area contributed by atoms with Crippen LogP contribution in [0.3, 0.4) is 0 Å². The van der Waals surface area contributed by atoms with Gasteiger partial charge >= 0.3 is 0 Å². The van der Waals surface area contributed by atoms with Crippen molar-refractivity contribution in [3.8, 4) is 0 Å². The van der Waals surface area contributed by atoms with Gasteiger partial charge in [-0.05, 0) is 31.4 Å². The number of benzene rings is 1. The molecule has 1 saturated carbocycles. The van der Waals surface area contributed by atoms with Gasteiger partial charge in [-0.3, -0.25) is 0 Å². The second kappa shape index (κ2) is 5.19. The van der Waals surface area contributed by atoms with Crippen LogP contribution in [0.2, 0.25) is 0 Å². The Balaban J connectivity index is 1.65. The zero-order valence-electron chi connectivity index (χ0n) is 10.8. The molecule has 2 nitrogen and oxygen atoms in total. The summed E-state index contributed by atoms with van der Waals surface area (Å²) in [6.45, 7) is 5.31. The summed E-state index contributed by atoms with van der Waals surface area (Å²) in [6.07, 6.45) is 3.06. The Hall–Kier alpha value is -0.860. The van der Waals surface area contributed by atoms with Crippen molar-refractivity contribution in [2.24, 2.45) is 5.41 Å². The molecular formula is C15H23NO. The lowest BCUT2D eigenvalue weighted by Crippen LogP contribution is -2.60. The van der Waals surface area contributed by atoms with E-state index in [2.05, 4.69) is 49.5 Å². The lowest BCUT2D eigenvalue weighted by Gasteiger charge is -2.49. The molecule has 0 heterocycles. The van der Waals surface area contributed by atoms with Gasteiger partial charge in [0.25, 0.3) is 0 Å². The van der Waals surface area contributed by atoms with Gasteiger partial charge in [0.15, 0.2) is 0 Å². The van der Waals surface area contributed by atoms with Crippen molar-refractivity contribution < 1.29 is 5.11 Å². The second-order valence-electron chi connectivity index (χ2n) is 5.67. The molecule has 1 aliphatic carbocycles. The van der Waals surface area contributed by atoms with Crippen LogP contribution < -0.4 is 5.32 Å². The highest BCUT2D eigenvalue weighted by Gasteiger charge is 2.46. The van der Waals surface area contributed by atoms with Crippen molar-refractivity contribution in [2.75, 3.05) is 6.54 Å². The minimum Gasteiger partial charge on any atom is -0.392 e. The van der Waals surface area contributed by atoms with Crippen LogP contribution in [0.15, 0.2) is 30.3 Å². The monoisotopic (exact) mass is 233 g/mol. The molecule has 2 unspecified atom stereocenters. The summed E-state index contributed by atoms with van der Waals surface area (Å²) >= 11 is 0. The number of nitrogens with one attached hydrogen (secondary N) is 1. The number of aliphatic hydroxyl groups excluding tert-OH is 1. The van der Waals surface area contributed by atoms with Gasteiger partial charge in [-0.2, -0.15) is 0 Å². The first-order valence-corrected chi connectivity index (χ1v) is 6.56. The molecule has 0 amide bonds. The third-order valence-corrected chi connectivity index (χ3v) is 4.09. The molecule has 0 aromatic heterocycles. The van der Waals surface area contributed by atoms with E-state index < -0.39 is 0 Å². The third-order valence-electron chi connectivity index (χ3n) is 4.09. The molecule has 1 aromatic rings. The second-order valence-corrected chi connectivity index (χ2v) is 5.67. The summed E-state index contributed by atoms with van der Waals surface area (Å²) in [5.41, 5.74) is 1.45. The standard InChI is InChI=1S/C15H23NO/c1-15(2)13(11-14(15)17)16-10-6-9-12-7-4-3-5-8-12/h3-5,7-8,13-14,16-17H,6,9-11H2,1-2H3. The number of rotatable bonds is 5. The first-order valence-electron chi connectivity index (χ1n) is 6.56. The minimum absolute atomic E-state index is 0.0484. The molecule has 0 spiro atoms. The first-order chi connectivity index (χ1) is 8.10. The van der Waals surface area contributed by atoms with Crippen LogP contribution in [0.1, 0.15) is 32.3 Å². The van der Waals surface area contributed by atoms with E-state index in [0.29, 0.717) is 6.04 Å². The Morgan fingerprint density at radius 3 is 2.59 bits per heavy atom. The highest BCUT2D eigenvalue weighted by molar-refractivity contribution is 5.14. The highest BCUT2D eigenvalue weighted by atomic mass is 16.3. The van der Waals surface area contributed by atoms with Crippen LogP contribution in [0, 0.1) is 5.41 Å². The third kappa shape index (κ3) is 2.88. The Bertz CT molecular complexity index is 347. The molecule has 1 aliphatic rings. The predicted octanol–water partition coefficient (Wildman–Crippen LogP) is 2.37. The van der Waals surface area contributed by atoms with E-state index >= 15 is 0 Å². The molecule has 1 fully saturated rings. The fourth-order valence-corrected chi connectivity index (χ4v) is 2.46. The molecule has 17 heavy (non-hydrogen) atoms. The van der Waals surface area contributed by atoms with Crippen LogP contribution in [0.4, 0.5) is 0 Å². The van der Waals surface area contributed by atoms with Gasteiger partial charge in [0.1, 0.15) is 0 Å². The number of hydrogen-bond donors (Lipinski definition) is 2. The molecule has 0 radical (unpaired) electrons. The van der Waals surface area contributed by atoms with Crippen molar-refractivity contribution in [3.63, 3.8) is 0 Å².